The summed E-state index contributed by atoms with van der Waals surface area (Å²) in [5.41, 5.74) is -0.0893. The zero-order valence-electron chi connectivity index (χ0n) is 17.3. The number of nitrogens with one attached hydrogen (secondary N) is 3. The Morgan fingerprint density at radius 2 is 1.79 bits per heavy atom. The van der Waals surface area contributed by atoms with Crippen LogP contribution in [0.15, 0.2) is 24.3 Å². The minimum atomic E-state index is -0.785. The summed E-state index contributed by atoms with van der Waals surface area (Å²) >= 11 is 0. The van der Waals surface area contributed by atoms with E-state index < -0.39 is 17.8 Å². The lowest BCUT2D eigenvalue weighted by Gasteiger charge is -2.36. The monoisotopic (exact) mass is 406 g/mol. The summed E-state index contributed by atoms with van der Waals surface area (Å²) in [5, 5.41) is 8.42. The second-order valence-electron chi connectivity index (χ2n) is 7.41. The number of amides is 4. The van der Waals surface area contributed by atoms with Crippen LogP contribution in [-0.4, -0.2) is 54.5 Å². The Morgan fingerprint density at radius 3 is 2.38 bits per heavy atom. The summed E-state index contributed by atoms with van der Waals surface area (Å²) in [5.74, 6) is -1.66. The van der Waals surface area contributed by atoms with E-state index in [1.165, 1.54) is 18.2 Å². The number of urea groups is 1. The van der Waals surface area contributed by atoms with Gasteiger partial charge in [0.2, 0.25) is 5.91 Å². The van der Waals surface area contributed by atoms with Gasteiger partial charge in [-0.2, -0.15) is 0 Å². The summed E-state index contributed by atoms with van der Waals surface area (Å²) in [6, 6.07) is 4.76. The summed E-state index contributed by atoms with van der Waals surface area (Å²) < 4.78 is 14.0. The fourth-order valence-electron chi connectivity index (χ4n) is 3.40. The molecule has 0 saturated carbocycles. The van der Waals surface area contributed by atoms with Crippen LogP contribution in [0.3, 0.4) is 0 Å². The minimum Gasteiger partial charge on any atom is -0.352 e. The number of rotatable bonds is 7. The molecule has 0 bridgehead atoms. The maximum Gasteiger partial charge on any atom is 0.317 e. The van der Waals surface area contributed by atoms with Crippen molar-refractivity contribution in [2.24, 2.45) is 5.92 Å². The van der Waals surface area contributed by atoms with E-state index in [1.807, 2.05) is 20.8 Å². The van der Waals surface area contributed by atoms with Gasteiger partial charge < -0.3 is 20.9 Å². The number of benzene rings is 1. The molecule has 0 unspecified atom stereocenters. The summed E-state index contributed by atoms with van der Waals surface area (Å²) in [7, 11) is 0. The van der Waals surface area contributed by atoms with E-state index in [0.29, 0.717) is 32.5 Å². The highest BCUT2D eigenvalue weighted by molar-refractivity contribution is 5.97. The van der Waals surface area contributed by atoms with Crippen molar-refractivity contribution in [1.29, 1.82) is 0 Å². The largest absolute Gasteiger partial charge is 0.352 e. The lowest BCUT2D eigenvalue weighted by atomic mass is 9.88. The second kappa shape index (κ2) is 10.8. The molecule has 0 spiro atoms. The third-order valence-electron chi connectivity index (χ3n) is 5.31. The van der Waals surface area contributed by atoms with E-state index in [1.54, 1.807) is 11.0 Å². The summed E-state index contributed by atoms with van der Waals surface area (Å²) in [6.45, 7) is 7.27. The Morgan fingerprint density at radius 1 is 1.14 bits per heavy atom. The molecule has 0 aromatic heterocycles. The molecule has 1 aromatic rings. The Balaban J connectivity index is 2.11. The number of hydrogen-bond donors (Lipinski definition) is 3. The molecular formula is C21H31FN4O3. The van der Waals surface area contributed by atoms with Crippen LogP contribution in [0, 0.1) is 11.7 Å². The molecule has 2 rings (SSSR count). The van der Waals surface area contributed by atoms with Crippen molar-refractivity contribution in [2.75, 3.05) is 19.6 Å². The van der Waals surface area contributed by atoms with Gasteiger partial charge in [0.1, 0.15) is 11.9 Å². The van der Waals surface area contributed by atoms with Gasteiger partial charge in [0.05, 0.1) is 5.56 Å². The van der Waals surface area contributed by atoms with E-state index >= 15 is 0 Å². The Labute approximate surface area is 171 Å². The highest BCUT2D eigenvalue weighted by Gasteiger charge is 2.34. The van der Waals surface area contributed by atoms with Gasteiger partial charge in [-0.15, -0.1) is 0 Å². The van der Waals surface area contributed by atoms with Crippen molar-refractivity contribution in [2.45, 2.75) is 52.1 Å². The van der Waals surface area contributed by atoms with E-state index in [9.17, 15) is 18.8 Å². The first-order chi connectivity index (χ1) is 13.9. The third kappa shape index (κ3) is 6.17. The summed E-state index contributed by atoms with van der Waals surface area (Å²) in [4.78, 5) is 39.2. The number of likely N-dealkylation sites (tertiary alicyclic amines) is 1. The maximum atomic E-state index is 14.0. The van der Waals surface area contributed by atoms with Gasteiger partial charge in [-0.25, -0.2) is 9.18 Å². The van der Waals surface area contributed by atoms with Gasteiger partial charge in [0.15, 0.2) is 0 Å². The predicted octanol–water partition coefficient (Wildman–Crippen LogP) is 2.28. The fraction of sp³-hybridized carbons (Fsp3) is 0.571. The van der Waals surface area contributed by atoms with E-state index in [2.05, 4.69) is 16.0 Å². The standard InChI is InChI=1S/C21H31FN4O3/c1-4-14(3)24-20(28)18(25-19(27)16-8-6-7-9-17(16)22)15-10-12-26(13-11-15)21(29)23-5-2/h6-9,14-15,18H,4-5,10-13H2,1-3H3,(H,23,29)(H,24,28)(H,25,27)/t14-,18+/m0/s1. The molecule has 1 aliphatic rings. The van der Waals surface area contributed by atoms with Crippen LogP contribution in [0.25, 0.3) is 0 Å². The van der Waals surface area contributed by atoms with Gasteiger partial charge in [0.25, 0.3) is 5.91 Å². The lowest BCUT2D eigenvalue weighted by Crippen LogP contribution is -2.55. The quantitative estimate of drug-likeness (QED) is 0.649. The number of halogens is 1. The van der Waals surface area contributed by atoms with Crippen LogP contribution >= 0.6 is 0 Å². The van der Waals surface area contributed by atoms with Gasteiger partial charge in [-0.1, -0.05) is 19.1 Å². The first-order valence-corrected chi connectivity index (χ1v) is 10.3. The molecular weight excluding hydrogens is 375 g/mol. The Bertz CT molecular complexity index is 720. The molecule has 29 heavy (non-hydrogen) atoms. The molecule has 1 aliphatic heterocycles. The van der Waals surface area contributed by atoms with Gasteiger partial charge in [0, 0.05) is 25.7 Å². The summed E-state index contributed by atoms with van der Waals surface area (Å²) in [6.07, 6.45) is 1.91. The Kier molecular flexibility index (Phi) is 8.42. The van der Waals surface area contributed by atoms with Crippen molar-refractivity contribution < 1.29 is 18.8 Å². The van der Waals surface area contributed by atoms with Crippen molar-refractivity contribution in [1.82, 2.24) is 20.9 Å². The fourth-order valence-corrected chi connectivity index (χ4v) is 3.40. The average Bonchev–Trinajstić information content (AvgIpc) is 2.72. The predicted molar refractivity (Wildman–Crippen MR) is 109 cm³/mol. The first-order valence-electron chi connectivity index (χ1n) is 10.3. The molecule has 8 heteroatoms. The minimum absolute atomic E-state index is 0.0363. The van der Waals surface area contributed by atoms with Gasteiger partial charge in [-0.05, 0) is 51.2 Å². The molecule has 2 atom stereocenters. The first kappa shape index (κ1) is 22.6. The Hall–Kier alpha value is -2.64. The molecule has 0 aliphatic carbocycles. The van der Waals surface area contributed by atoms with E-state index in [-0.39, 0.29) is 29.5 Å². The molecule has 7 nitrogen and oxygen atoms in total. The molecule has 0 radical (unpaired) electrons. The molecule has 4 amide bonds. The molecule has 3 N–H and O–H groups in total. The average molecular weight is 407 g/mol. The van der Waals surface area contributed by atoms with Gasteiger partial charge in [-0.3, -0.25) is 9.59 Å². The SMILES string of the molecule is CCNC(=O)N1CCC([C@@H](NC(=O)c2ccccc2F)C(=O)N[C@@H](C)CC)CC1. The van der Waals surface area contributed by atoms with Crippen LogP contribution < -0.4 is 16.0 Å². The highest BCUT2D eigenvalue weighted by atomic mass is 19.1. The number of piperidine rings is 1. The van der Waals surface area contributed by atoms with Crippen LogP contribution in [0.1, 0.15) is 50.4 Å². The van der Waals surface area contributed by atoms with Crippen LogP contribution in [0.5, 0.6) is 0 Å². The van der Waals surface area contributed by atoms with E-state index in [0.717, 1.165) is 6.42 Å². The van der Waals surface area contributed by atoms with Crippen molar-refractivity contribution in [3.63, 3.8) is 0 Å². The number of nitrogens with zero attached hydrogens (tertiary/aromatic N) is 1. The zero-order valence-corrected chi connectivity index (χ0v) is 17.3. The normalized spacial score (nSPS) is 16.6. The van der Waals surface area contributed by atoms with Crippen LogP contribution in [-0.2, 0) is 4.79 Å². The van der Waals surface area contributed by atoms with Crippen molar-refractivity contribution in [3.8, 4) is 0 Å². The van der Waals surface area contributed by atoms with Gasteiger partial charge >= 0.3 is 6.03 Å². The molecule has 1 heterocycles. The zero-order chi connectivity index (χ0) is 21.4. The second-order valence-corrected chi connectivity index (χ2v) is 7.41. The molecule has 1 fully saturated rings. The molecule has 1 aromatic carbocycles. The number of carbonyl (C=O) groups is 3. The smallest absolute Gasteiger partial charge is 0.317 e. The third-order valence-corrected chi connectivity index (χ3v) is 5.31. The number of carbonyl (C=O) groups excluding carboxylic acids is 3. The highest BCUT2D eigenvalue weighted by Crippen LogP contribution is 2.22. The van der Waals surface area contributed by atoms with E-state index in [4.69, 9.17) is 0 Å². The lowest BCUT2D eigenvalue weighted by molar-refractivity contribution is -0.125. The van der Waals surface area contributed by atoms with Crippen molar-refractivity contribution >= 4 is 17.8 Å². The van der Waals surface area contributed by atoms with Crippen LogP contribution in [0.2, 0.25) is 0 Å². The maximum absolute atomic E-state index is 14.0. The number of hydrogen-bond acceptors (Lipinski definition) is 3. The molecule has 1 saturated heterocycles. The molecule has 160 valence electrons. The topological polar surface area (TPSA) is 90.5 Å². The van der Waals surface area contributed by atoms with Crippen LogP contribution in [0.4, 0.5) is 9.18 Å². The van der Waals surface area contributed by atoms with Crippen molar-refractivity contribution in [3.05, 3.63) is 35.6 Å².